The molecule has 3 unspecified atom stereocenters. The van der Waals surface area contributed by atoms with E-state index in [0.29, 0.717) is 6.04 Å². The second-order valence-corrected chi connectivity index (χ2v) is 5.88. The lowest BCUT2D eigenvalue weighted by atomic mass is 9.78. The molecular weight excluding hydrogens is 222 g/mol. The van der Waals surface area contributed by atoms with Gasteiger partial charge in [-0.05, 0) is 24.7 Å². The molecule has 0 spiro atoms. The molecule has 0 radical (unpaired) electrons. The zero-order chi connectivity index (χ0) is 13.1. The Morgan fingerprint density at radius 1 is 1.39 bits per heavy atom. The molecule has 2 rings (SSSR count). The summed E-state index contributed by atoms with van der Waals surface area (Å²) < 4.78 is 1.93. The fraction of sp³-hybridized carbons (Fsp3) is 0.800. The third kappa shape index (κ3) is 2.94. The summed E-state index contributed by atoms with van der Waals surface area (Å²) >= 11 is 0. The normalized spacial score (nSPS) is 28.6. The molecule has 3 nitrogen and oxygen atoms in total. The van der Waals surface area contributed by atoms with E-state index in [1.165, 1.54) is 30.5 Å². The largest absolute Gasteiger partial charge is 0.310 e. The number of nitrogens with zero attached hydrogens (tertiary/aromatic N) is 2. The molecule has 0 aromatic carbocycles. The van der Waals surface area contributed by atoms with Crippen molar-refractivity contribution in [1.29, 1.82) is 0 Å². The molecule has 0 aliphatic heterocycles. The minimum Gasteiger partial charge on any atom is -0.310 e. The van der Waals surface area contributed by atoms with E-state index in [9.17, 15) is 0 Å². The van der Waals surface area contributed by atoms with E-state index >= 15 is 0 Å². The fourth-order valence-corrected chi connectivity index (χ4v) is 3.14. The Kier molecular flexibility index (Phi) is 4.44. The highest BCUT2D eigenvalue weighted by Gasteiger charge is 2.26. The molecule has 18 heavy (non-hydrogen) atoms. The quantitative estimate of drug-likeness (QED) is 0.889. The molecule has 0 bridgehead atoms. The van der Waals surface area contributed by atoms with Crippen molar-refractivity contribution in [2.75, 3.05) is 0 Å². The first-order valence-corrected chi connectivity index (χ1v) is 7.36. The van der Waals surface area contributed by atoms with E-state index < -0.39 is 0 Å². The van der Waals surface area contributed by atoms with Gasteiger partial charge in [-0.2, -0.15) is 5.10 Å². The Balaban J connectivity index is 1.94. The Morgan fingerprint density at radius 2 is 2.17 bits per heavy atom. The SMILES string of the molecule is CCc1nn(C)cc1CNC1CCCC(C)C1C. The zero-order valence-electron chi connectivity index (χ0n) is 12.2. The van der Waals surface area contributed by atoms with E-state index in [0.717, 1.165) is 24.8 Å². The van der Waals surface area contributed by atoms with Crippen molar-refractivity contribution in [2.24, 2.45) is 18.9 Å². The van der Waals surface area contributed by atoms with Gasteiger partial charge in [-0.15, -0.1) is 0 Å². The third-order valence-electron chi connectivity index (χ3n) is 4.59. The number of aryl methyl sites for hydroxylation is 2. The van der Waals surface area contributed by atoms with Gasteiger partial charge >= 0.3 is 0 Å². The van der Waals surface area contributed by atoms with Crippen LogP contribution >= 0.6 is 0 Å². The molecule has 0 amide bonds. The van der Waals surface area contributed by atoms with E-state index in [-0.39, 0.29) is 0 Å². The van der Waals surface area contributed by atoms with Crippen molar-refractivity contribution < 1.29 is 0 Å². The summed E-state index contributed by atoms with van der Waals surface area (Å²) in [5.41, 5.74) is 2.60. The molecule has 0 saturated heterocycles. The smallest absolute Gasteiger partial charge is 0.0666 e. The Morgan fingerprint density at radius 3 is 2.89 bits per heavy atom. The van der Waals surface area contributed by atoms with Crippen LogP contribution in [0.5, 0.6) is 0 Å². The van der Waals surface area contributed by atoms with Gasteiger partial charge in [0.05, 0.1) is 5.69 Å². The first-order chi connectivity index (χ1) is 8.61. The summed E-state index contributed by atoms with van der Waals surface area (Å²) in [6, 6.07) is 0.679. The Hall–Kier alpha value is -0.830. The summed E-state index contributed by atoms with van der Waals surface area (Å²) in [5.74, 6) is 1.65. The molecule has 3 heteroatoms. The van der Waals surface area contributed by atoms with Crippen LogP contribution in [0.2, 0.25) is 0 Å². The number of nitrogens with one attached hydrogen (secondary N) is 1. The van der Waals surface area contributed by atoms with Gasteiger partial charge in [0.15, 0.2) is 0 Å². The van der Waals surface area contributed by atoms with E-state index in [1.807, 2.05) is 11.7 Å². The molecule has 1 N–H and O–H groups in total. The van der Waals surface area contributed by atoms with Crippen LogP contribution in [0.1, 0.15) is 51.3 Å². The fourth-order valence-electron chi connectivity index (χ4n) is 3.14. The van der Waals surface area contributed by atoms with Crippen molar-refractivity contribution in [3.63, 3.8) is 0 Å². The minimum absolute atomic E-state index is 0.679. The summed E-state index contributed by atoms with van der Waals surface area (Å²) in [5, 5.41) is 8.26. The summed E-state index contributed by atoms with van der Waals surface area (Å²) in [6.07, 6.45) is 7.27. The molecule has 1 fully saturated rings. The van der Waals surface area contributed by atoms with E-state index in [2.05, 4.69) is 37.4 Å². The molecule has 1 saturated carbocycles. The zero-order valence-corrected chi connectivity index (χ0v) is 12.2. The van der Waals surface area contributed by atoms with Crippen molar-refractivity contribution in [3.8, 4) is 0 Å². The average Bonchev–Trinajstić information content (AvgIpc) is 2.71. The monoisotopic (exact) mass is 249 g/mol. The van der Waals surface area contributed by atoms with Crippen LogP contribution in [0.4, 0.5) is 0 Å². The van der Waals surface area contributed by atoms with Crippen LogP contribution in [0.25, 0.3) is 0 Å². The van der Waals surface area contributed by atoms with Crippen molar-refractivity contribution >= 4 is 0 Å². The van der Waals surface area contributed by atoms with Gasteiger partial charge in [-0.1, -0.05) is 33.6 Å². The van der Waals surface area contributed by atoms with Crippen LogP contribution < -0.4 is 5.32 Å². The molecule has 1 aliphatic rings. The second kappa shape index (κ2) is 5.87. The summed E-state index contributed by atoms with van der Waals surface area (Å²) in [7, 11) is 2.01. The van der Waals surface area contributed by atoms with Gasteiger partial charge in [0.25, 0.3) is 0 Å². The molecule has 1 aliphatic carbocycles. The third-order valence-corrected chi connectivity index (χ3v) is 4.59. The first kappa shape index (κ1) is 13.6. The van der Waals surface area contributed by atoms with E-state index in [1.54, 1.807) is 0 Å². The van der Waals surface area contributed by atoms with Crippen LogP contribution in [0, 0.1) is 11.8 Å². The lowest BCUT2D eigenvalue weighted by Gasteiger charge is -2.34. The Labute approximate surface area is 111 Å². The van der Waals surface area contributed by atoms with Gasteiger partial charge in [0.1, 0.15) is 0 Å². The molecule has 1 heterocycles. The number of rotatable bonds is 4. The molecule has 3 atom stereocenters. The number of hydrogen-bond donors (Lipinski definition) is 1. The van der Waals surface area contributed by atoms with Gasteiger partial charge in [-0.25, -0.2) is 0 Å². The highest BCUT2D eigenvalue weighted by atomic mass is 15.3. The van der Waals surface area contributed by atoms with Crippen LogP contribution in [-0.2, 0) is 20.0 Å². The number of hydrogen-bond acceptors (Lipinski definition) is 2. The molecular formula is C15H27N3. The van der Waals surface area contributed by atoms with Crippen molar-refractivity contribution in [3.05, 3.63) is 17.5 Å². The number of aromatic nitrogens is 2. The summed E-state index contributed by atoms with van der Waals surface area (Å²) in [4.78, 5) is 0. The minimum atomic E-state index is 0.679. The maximum absolute atomic E-state index is 4.50. The topological polar surface area (TPSA) is 29.9 Å². The van der Waals surface area contributed by atoms with Crippen LogP contribution in [0.3, 0.4) is 0 Å². The average molecular weight is 249 g/mol. The van der Waals surface area contributed by atoms with Crippen molar-refractivity contribution in [1.82, 2.24) is 15.1 Å². The molecule has 1 aromatic rings. The van der Waals surface area contributed by atoms with Crippen LogP contribution in [0.15, 0.2) is 6.20 Å². The Bertz CT molecular complexity index is 383. The van der Waals surface area contributed by atoms with Gasteiger partial charge in [0.2, 0.25) is 0 Å². The second-order valence-electron chi connectivity index (χ2n) is 5.88. The standard InChI is InChI=1S/C15H27N3/c1-5-14-13(10-18(4)17-14)9-16-15-8-6-7-11(2)12(15)3/h10-12,15-16H,5-9H2,1-4H3. The predicted octanol–water partition coefficient (Wildman–Crippen LogP) is 2.90. The van der Waals surface area contributed by atoms with Gasteiger partial charge in [0, 0.05) is 31.4 Å². The van der Waals surface area contributed by atoms with Gasteiger partial charge < -0.3 is 5.32 Å². The predicted molar refractivity (Wildman–Crippen MR) is 75.4 cm³/mol. The molecule has 1 aromatic heterocycles. The highest BCUT2D eigenvalue weighted by Crippen LogP contribution is 2.29. The maximum atomic E-state index is 4.50. The highest BCUT2D eigenvalue weighted by molar-refractivity contribution is 5.16. The maximum Gasteiger partial charge on any atom is 0.0666 e. The lowest BCUT2D eigenvalue weighted by molar-refractivity contribution is 0.206. The van der Waals surface area contributed by atoms with Crippen molar-refractivity contribution in [2.45, 2.75) is 59.0 Å². The van der Waals surface area contributed by atoms with Crippen LogP contribution in [-0.4, -0.2) is 15.8 Å². The summed E-state index contributed by atoms with van der Waals surface area (Å²) in [6.45, 7) is 7.93. The van der Waals surface area contributed by atoms with E-state index in [4.69, 9.17) is 0 Å². The first-order valence-electron chi connectivity index (χ1n) is 7.36. The molecule has 102 valence electrons. The van der Waals surface area contributed by atoms with Gasteiger partial charge in [-0.3, -0.25) is 4.68 Å². The lowest BCUT2D eigenvalue weighted by Crippen LogP contribution is -2.40.